The van der Waals surface area contributed by atoms with E-state index in [9.17, 15) is 4.39 Å². The van der Waals surface area contributed by atoms with E-state index in [4.69, 9.17) is 4.74 Å². The first-order chi connectivity index (χ1) is 12.7. The molecule has 0 bridgehead atoms. The fourth-order valence-corrected chi connectivity index (χ4v) is 3.29. The van der Waals surface area contributed by atoms with E-state index < -0.39 is 5.82 Å². The standard InChI is InChI=1S/C19H20FN5O/c1-24-10-8-22-18(24)13-25-9-4-6-16(25)15-11-21-12-19(23-15)26-17-7-3-2-5-14(17)20/h2-3,5,7-8,10-12,16H,4,6,9,13H2,1H3. The van der Waals surface area contributed by atoms with Crippen LogP contribution in [0, 0.1) is 5.82 Å². The van der Waals surface area contributed by atoms with Gasteiger partial charge < -0.3 is 9.30 Å². The van der Waals surface area contributed by atoms with Crippen LogP contribution in [0.5, 0.6) is 11.6 Å². The van der Waals surface area contributed by atoms with Crippen LogP contribution in [0.25, 0.3) is 0 Å². The first-order valence-electron chi connectivity index (χ1n) is 8.65. The van der Waals surface area contributed by atoms with Gasteiger partial charge in [0.05, 0.1) is 30.7 Å². The summed E-state index contributed by atoms with van der Waals surface area (Å²) in [6.45, 7) is 1.74. The molecule has 3 aromatic rings. The van der Waals surface area contributed by atoms with Gasteiger partial charge in [-0.05, 0) is 31.5 Å². The Balaban J connectivity index is 1.53. The second-order valence-electron chi connectivity index (χ2n) is 6.40. The van der Waals surface area contributed by atoms with Crippen molar-refractivity contribution in [2.45, 2.75) is 25.4 Å². The van der Waals surface area contributed by atoms with E-state index in [2.05, 4.69) is 19.9 Å². The lowest BCUT2D eigenvalue weighted by molar-refractivity contribution is 0.234. The molecular formula is C19H20FN5O. The van der Waals surface area contributed by atoms with Crippen LogP contribution in [0.2, 0.25) is 0 Å². The molecule has 0 aliphatic carbocycles. The zero-order valence-electron chi connectivity index (χ0n) is 14.5. The summed E-state index contributed by atoms with van der Waals surface area (Å²) in [5, 5.41) is 0. The van der Waals surface area contributed by atoms with Gasteiger partial charge in [-0.3, -0.25) is 9.88 Å². The lowest BCUT2D eigenvalue weighted by Gasteiger charge is -2.23. The molecule has 1 fully saturated rings. The van der Waals surface area contributed by atoms with Crippen LogP contribution in [0.4, 0.5) is 4.39 Å². The minimum absolute atomic E-state index is 0.148. The number of rotatable bonds is 5. The van der Waals surface area contributed by atoms with Crippen LogP contribution < -0.4 is 4.74 Å². The van der Waals surface area contributed by atoms with Crippen molar-refractivity contribution < 1.29 is 9.13 Å². The predicted octanol–water partition coefficient (Wildman–Crippen LogP) is 3.48. The average Bonchev–Trinajstić information content (AvgIpc) is 3.27. The number of benzene rings is 1. The van der Waals surface area contributed by atoms with Crippen molar-refractivity contribution in [1.29, 1.82) is 0 Å². The molecule has 6 nitrogen and oxygen atoms in total. The lowest BCUT2D eigenvalue weighted by atomic mass is 10.1. The highest BCUT2D eigenvalue weighted by atomic mass is 19.1. The number of ether oxygens (including phenoxy) is 1. The van der Waals surface area contributed by atoms with Crippen molar-refractivity contribution >= 4 is 0 Å². The summed E-state index contributed by atoms with van der Waals surface area (Å²) in [6, 6.07) is 6.44. The smallest absolute Gasteiger partial charge is 0.238 e. The second kappa shape index (κ2) is 7.21. The number of hydrogen-bond acceptors (Lipinski definition) is 5. The summed E-state index contributed by atoms with van der Waals surface area (Å²) in [5.41, 5.74) is 0.838. The van der Waals surface area contributed by atoms with Crippen molar-refractivity contribution in [3.05, 3.63) is 66.4 Å². The molecule has 2 aromatic heterocycles. The molecule has 1 atom stereocenters. The van der Waals surface area contributed by atoms with Gasteiger partial charge in [0.2, 0.25) is 5.88 Å². The summed E-state index contributed by atoms with van der Waals surface area (Å²) in [7, 11) is 2.00. The van der Waals surface area contributed by atoms with Gasteiger partial charge in [0.1, 0.15) is 5.82 Å². The molecule has 3 heterocycles. The Morgan fingerprint density at radius 1 is 1.27 bits per heavy atom. The highest BCUT2D eigenvalue weighted by molar-refractivity contribution is 5.28. The third-order valence-corrected chi connectivity index (χ3v) is 4.65. The molecule has 0 saturated carbocycles. The van der Waals surface area contributed by atoms with Gasteiger partial charge in [0.25, 0.3) is 0 Å². The Morgan fingerprint density at radius 2 is 2.15 bits per heavy atom. The Bertz CT molecular complexity index is 897. The molecule has 4 rings (SSSR count). The van der Waals surface area contributed by atoms with Gasteiger partial charge in [-0.2, -0.15) is 0 Å². The number of aromatic nitrogens is 4. The molecule has 1 aliphatic rings. The highest BCUT2D eigenvalue weighted by Crippen LogP contribution is 2.33. The third-order valence-electron chi connectivity index (χ3n) is 4.65. The van der Waals surface area contributed by atoms with Gasteiger partial charge in [-0.15, -0.1) is 0 Å². The van der Waals surface area contributed by atoms with Gasteiger partial charge in [-0.1, -0.05) is 12.1 Å². The predicted molar refractivity (Wildman–Crippen MR) is 94.1 cm³/mol. The van der Waals surface area contributed by atoms with E-state index in [1.165, 1.54) is 12.3 Å². The van der Waals surface area contributed by atoms with Crippen LogP contribution in [-0.2, 0) is 13.6 Å². The first-order valence-corrected chi connectivity index (χ1v) is 8.65. The maximum Gasteiger partial charge on any atom is 0.238 e. The van der Waals surface area contributed by atoms with Gasteiger partial charge in [0, 0.05) is 19.4 Å². The van der Waals surface area contributed by atoms with Crippen LogP contribution in [0.1, 0.15) is 30.4 Å². The van der Waals surface area contributed by atoms with E-state index in [0.717, 1.165) is 37.4 Å². The van der Waals surface area contributed by atoms with E-state index in [0.29, 0.717) is 5.88 Å². The third kappa shape index (κ3) is 3.43. The largest absolute Gasteiger partial charge is 0.434 e. The Hall–Kier alpha value is -2.80. The number of likely N-dealkylation sites (tertiary alicyclic amines) is 1. The molecule has 1 aliphatic heterocycles. The van der Waals surface area contributed by atoms with Crippen LogP contribution in [0.3, 0.4) is 0 Å². The lowest BCUT2D eigenvalue weighted by Crippen LogP contribution is -2.25. The van der Waals surface area contributed by atoms with Gasteiger partial charge >= 0.3 is 0 Å². The fourth-order valence-electron chi connectivity index (χ4n) is 3.29. The SMILES string of the molecule is Cn1ccnc1CN1CCCC1c1cncc(Oc2ccccc2F)n1. The second-order valence-corrected chi connectivity index (χ2v) is 6.40. The summed E-state index contributed by atoms with van der Waals surface area (Å²) in [4.78, 5) is 15.6. The first kappa shape index (κ1) is 16.7. The Kier molecular flexibility index (Phi) is 4.62. The monoisotopic (exact) mass is 353 g/mol. The molecule has 7 heteroatoms. The zero-order valence-corrected chi connectivity index (χ0v) is 14.5. The molecule has 1 unspecified atom stereocenters. The van der Waals surface area contributed by atoms with Crippen LogP contribution >= 0.6 is 0 Å². The van der Waals surface area contributed by atoms with Crippen LogP contribution in [-0.4, -0.2) is 31.0 Å². The number of halogens is 1. The van der Waals surface area contributed by atoms with Gasteiger partial charge in [-0.25, -0.2) is 14.4 Å². The van der Waals surface area contributed by atoms with Crippen molar-refractivity contribution in [2.75, 3.05) is 6.54 Å². The molecule has 0 N–H and O–H groups in total. The molecule has 1 saturated heterocycles. The van der Waals surface area contributed by atoms with E-state index >= 15 is 0 Å². The molecule has 0 amide bonds. The van der Waals surface area contributed by atoms with E-state index in [1.807, 2.05) is 24.0 Å². The minimum atomic E-state index is -0.419. The number of nitrogens with zero attached hydrogens (tertiary/aromatic N) is 5. The minimum Gasteiger partial charge on any atom is -0.434 e. The van der Waals surface area contributed by atoms with Crippen molar-refractivity contribution in [3.8, 4) is 11.6 Å². The summed E-state index contributed by atoms with van der Waals surface area (Å²) in [5.74, 6) is 1.05. The number of imidazole rings is 1. The number of para-hydroxylation sites is 1. The fraction of sp³-hybridized carbons (Fsp3) is 0.316. The summed E-state index contributed by atoms with van der Waals surface area (Å²) in [6.07, 6.45) is 9.12. The quantitative estimate of drug-likeness (QED) is 0.703. The summed E-state index contributed by atoms with van der Waals surface area (Å²) >= 11 is 0. The number of hydrogen-bond donors (Lipinski definition) is 0. The number of aryl methyl sites for hydroxylation is 1. The van der Waals surface area contributed by atoms with E-state index in [1.54, 1.807) is 24.4 Å². The molecule has 1 aromatic carbocycles. The molecule has 26 heavy (non-hydrogen) atoms. The Labute approximate surface area is 151 Å². The molecule has 0 spiro atoms. The van der Waals surface area contributed by atoms with E-state index in [-0.39, 0.29) is 11.8 Å². The van der Waals surface area contributed by atoms with Crippen molar-refractivity contribution in [1.82, 2.24) is 24.4 Å². The highest BCUT2D eigenvalue weighted by Gasteiger charge is 2.28. The zero-order chi connectivity index (χ0) is 17.9. The van der Waals surface area contributed by atoms with Gasteiger partial charge in [0.15, 0.2) is 11.6 Å². The average molecular weight is 353 g/mol. The summed E-state index contributed by atoms with van der Waals surface area (Å²) < 4.78 is 21.4. The van der Waals surface area contributed by atoms with Crippen molar-refractivity contribution in [2.24, 2.45) is 7.05 Å². The molecule has 134 valence electrons. The maximum absolute atomic E-state index is 13.8. The Morgan fingerprint density at radius 3 is 2.96 bits per heavy atom. The topological polar surface area (TPSA) is 56.1 Å². The maximum atomic E-state index is 13.8. The molecule has 0 radical (unpaired) electrons. The normalized spacial score (nSPS) is 17.5. The molecular weight excluding hydrogens is 333 g/mol. The van der Waals surface area contributed by atoms with Crippen LogP contribution in [0.15, 0.2) is 49.1 Å². The van der Waals surface area contributed by atoms with Crippen molar-refractivity contribution in [3.63, 3.8) is 0 Å².